The van der Waals surface area contributed by atoms with Gasteiger partial charge in [0.1, 0.15) is 5.69 Å². The average molecular weight is 396 g/mol. The molecule has 1 heterocycles. The number of amides is 1. The van der Waals surface area contributed by atoms with E-state index in [9.17, 15) is 14.9 Å². The molecule has 1 aliphatic heterocycles. The maximum absolute atomic E-state index is 12.4. The van der Waals surface area contributed by atoms with Crippen molar-refractivity contribution in [2.24, 2.45) is 0 Å². The van der Waals surface area contributed by atoms with Crippen molar-refractivity contribution in [1.82, 2.24) is 10.2 Å². The quantitative estimate of drug-likeness (QED) is 0.572. The Hall–Kier alpha value is -2.93. The van der Waals surface area contributed by atoms with E-state index in [1.165, 1.54) is 30.9 Å². The lowest BCUT2D eigenvalue weighted by Crippen LogP contribution is -2.29. The molecule has 0 aliphatic carbocycles. The summed E-state index contributed by atoms with van der Waals surface area (Å²) in [5.41, 5.74) is 2.95. The van der Waals surface area contributed by atoms with Crippen LogP contribution < -0.4 is 10.2 Å². The van der Waals surface area contributed by atoms with Crippen LogP contribution in [0.4, 0.5) is 11.4 Å². The predicted molar refractivity (Wildman–Crippen MR) is 114 cm³/mol. The van der Waals surface area contributed by atoms with Crippen molar-refractivity contribution in [3.63, 3.8) is 0 Å². The van der Waals surface area contributed by atoms with Gasteiger partial charge in [0.2, 0.25) is 0 Å². The van der Waals surface area contributed by atoms with Crippen molar-refractivity contribution in [3.8, 4) is 0 Å². The Morgan fingerprint density at radius 3 is 2.34 bits per heavy atom. The second-order valence-electron chi connectivity index (χ2n) is 7.69. The molecule has 2 aromatic carbocycles. The minimum Gasteiger partial charge on any atom is -0.372 e. The molecule has 0 unspecified atom stereocenters. The van der Waals surface area contributed by atoms with Crippen molar-refractivity contribution >= 4 is 17.3 Å². The van der Waals surface area contributed by atoms with Crippen LogP contribution in [-0.4, -0.2) is 42.9 Å². The topological polar surface area (TPSA) is 78.7 Å². The summed E-state index contributed by atoms with van der Waals surface area (Å²) in [5.74, 6) is -0.323. The summed E-state index contributed by atoms with van der Waals surface area (Å²) in [7, 11) is 3.47. The van der Waals surface area contributed by atoms with Crippen LogP contribution in [-0.2, 0) is 13.1 Å². The predicted octanol–water partition coefficient (Wildman–Crippen LogP) is 3.58. The Kier molecular flexibility index (Phi) is 6.82. The number of hydrogen-bond donors (Lipinski definition) is 1. The van der Waals surface area contributed by atoms with E-state index >= 15 is 0 Å². The van der Waals surface area contributed by atoms with Gasteiger partial charge in [-0.3, -0.25) is 19.8 Å². The zero-order chi connectivity index (χ0) is 20.8. The van der Waals surface area contributed by atoms with Crippen molar-refractivity contribution in [3.05, 3.63) is 69.3 Å². The molecule has 0 aromatic heterocycles. The van der Waals surface area contributed by atoms with Crippen LogP contribution in [0.25, 0.3) is 0 Å². The highest BCUT2D eigenvalue weighted by atomic mass is 16.6. The Morgan fingerprint density at radius 1 is 1.07 bits per heavy atom. The molecular weight excluding hydrogens is 368 g/mol. The van der Waals surface area contributed by atoms with Crippen LogP contribution in [0.3, 0.4) is 0 Å². The van der Waals surface area contributed by atoms with Gasteiger partial charge in [0, 0.05) is 38.8 Å². The fraction of sp³-hybridized carbons (Fsp3) is 0.409. The van der Waals surface area contributed by atoms with Gasteiger partial charge >= 0.3 is 0 Å². The number of carbonyl (C=O) groups is 1. The second-order valence-corrected chi connectivity index (χ2v) is 7.69. The van der Waals surface area contributed by atoms with Crippen molar-refractivity contribution in [1.29, 1.82) is 0 Å². The van der Waals surface area contributed by atoms with E-state index in [2.05, 4.69) is 22.3 Å². The standard InChI is InChI=1S/C22H28N4O3/c1-24(2)20-11-10-19(14-21(20)26(28)29)22(27)23-15-17-6-8-18(9-7-17)16-25-12-4-3-5-13-25/h6-11,14H,3-5,12-13,15-16H2,1-2H3,(H,23,27). The maximum atomic E-state index is 12.4. The largest absolute Gasteiger partial charge is 0.372 e. The van der Waals surface area contributed by atoms with Crippen molar-refractivity contribution < 1.29 is 9.72 Å². The van der Waals surface area contributed by atoms with Gasteiger partial charge < -0.3 is 10.2 Å². The first-order valence-corrected chi connectivity index (χ1v) is 9.98. The van der Waals surface area contributed by atoms with Crippen LogP contribution >= 0.6 is 0 Å². The number of benzene rings is 2. The zero-order valence-electron chi connectivity index (χ0n) is 17.1. The highest BCUT2D eigenvalue weighted by Crippen LogP contribution is 2.27. The SMILES string of the molecule is CN(C)c1ccc(C(=O)NCc2ccc(CN3CCCCC3)cc2)cc1[N+](=O)[O-]. The molecule has 2 aromatic rings. The smallest absolute Gasteiger partial charge is 0.293 e. The Labute approximate surface area is 171 Å². The molecule has 7 heteroatoms. The Bertz CT molecular complexity index is 859. The van der Waals surface area contributed by atoms with Crippen LogP contribution in [0.2, 0.25) is 0 Å². The zero-order valence-corrected chi connectivity index (χ0v) is 17.1. The number of carbonyl (C=O) groups excluding carboxylic acids is 1. The number of anilines is 1. The third kappa shape index (κ3) is 5.54. The van der Waals surface area contributed by atoms with Crippen molar-refractivity contribution in [2.75, 3.05) is 32.1 Å². The van der Waals surface area contributed by atoms with Crippen molar-refractivity contribution in [2.45, 2.75) is 32.4 Å². The molecule has 0 saturated carbocycles. The van der Waals surface area contributed by atoms with Gasteiger partial charge in [-0.1, -0.05) is 30.7 Å². The molecule has 0 atom stereocenters. The number of nitrogens with zero attached hydrogens (tertiary/aromatic N) is 3. The molecule has 0 radical (unpaired) electrons. The summed E-state index contributed by atoms with van der Waals surface area (Å²) in [6, 6.07) is 12.8. The van der Waals surface area contributed by atoms with Gasteiger partial charge in [-0.15, -0.1) is 0 Å². The number of nitro groups is 1. The molecule has 0 bridgehead atoms. The molecule has 1 fully saturated rings. The molecule has 154 valence electrons. The fourth-order valence-electron chi connectivity index (χ4n) is 3.61. The summed E-state index contributed by atoms with van der Waals surface area (Å²) < 4.78 is 0. The lowest BCUT2D eigenvalue weighted by molar-refractivity contribution is -0.384. The van der Waals surface area contributed by atoms with Gasteiger partial charge in [0.25, 0.3) is 11.6 Å². The average Bonchev–Trinajstić information content (AvgIpc) is 2.73. The molecule has 3 rings (SSSR count). The summed E-state index contributed by atoms with van der Waals surface area (Å²) in [5, 5.41) is 14.1. The van der Waals surface area contributed by atoms with Gasteiger partial charge in [-0.2, -0.15) is 0 Å². The van der Waals surface area contributed by atoms with E-state index in [0.717, 1.165) is 25.2 Å². The third-order valence-corrected chi connectivity index (χ3v) is 5.25. The van der Waals surface area contributed by atoms with Gasteiger partial charge in [-0.25, -0.2) is 0 Å². The molecule has 1 saturated heterocycles. The van der Waals surface area contributed by atoms with Gasteiger partial charge in [0.05, 0.1) is 4.92 Å². The molecular formula is C22H28N4O3. The first kappa shape index (κ1) is 20.8. The molecule has 7 nitrogen and oxygen atoms in total. The van der Waals surface area contributed by atoms with Crippen LogP contribution in [0.15, 0.2) is 42.5 Å². The Morgan fingerprint density at radius 2 is 1.72 bits per heavy atom. The number of nitro benzene ring substituents is 1. The highest BCUT2D eigenvalue weighted by Gasteiger charge is 2.18. The summed E-state index contributed by atoms with van der Waals surface area (Å²) >= 11 is 0. The summed E-state index contributed by atoms with van der Waals surface area (Å²) in [4.78, 5) is 27.4. The van der Waals surface area contributed by atoms with Gasteiger partial charge in [0.15, 0.2) is 0 Å². The first-order valence-electron chi connectivity index (χ1n) is 9.98. The minimum absolute atomic E-state index is 0.0790. The van der Waals surface area contributed by atoms with Crippen LogP contribution in [0.5, 0.6) is 0 Å². The number of nitrogens with one attached hydrogen (secondary N) is 1. The number of hydrogen-bond acceptors (Lipinski definition) is 5. The molecule has 1 aliphatic rings. The van der Waals surface area contributed by atoms with E-state index in [1.54, 1.807) is 31.1 Å². The Balaban J connectivity index is 1.58. The number of piperidine rings is 1. The monoisotopic (exact) mass is 396 g/mol. The lowest BCUT2D eigenvalue weighted by atomic mass is 10.1. The van der Waals surface area contributed by atoms with E-state index < -0.39 is 4.92 Å². The summed E-state index contributed by atoms with van der Waals surface area (Å²) in [6.45, 7) is 3.67. The maximum Gasteiger partial charge on any atom is 0.293 e. The number of rotatable bonds is 7. The summed E-state index contributed by atoms with van der Waals surface area (Å²) in [6.07, 6.45) is 3.88. The van der Waals surface area contributed by atoms with E-state index in [4.69, 9.17) is 0 Å². The van der Waals surface area contributed by atoms with Crippen LogP contribution in [0.1, 0.15) is 40.7 Å². The van der Waals surface area contributed by atoms with E-state index in [1.807, 2.05) is 12.1 Å². The molecule has 0 spiro atoms. The molecule has 29 heavy (non-hydrogen) atoms. The van der Waals surface area contributed by atoms with Gasteiger partial charge in [-0.05, 0) is 49.2 Å². The second kappa shape index (κ2) is 9.52. The van der Waals surface area contributed by atoms with Crippen LogP contribution in [0, 0.1) is 10.1 Å². The molecule has 1 amide bonds. The highest BCUT2D eigenvalue weighted by molar-refractivity contribution is 5.95. The minimum atomic E-state index is -0.465. The normalized spacial score (nSPS) is 14.4. The third-order valence-electron chi connectivity index (χ3n) is 5.25. The first-order chi connectivity index (χ1) is 13.9. The lowest BCUT2D eigenvalue weighted by Gasteiger charge is -2.26. The molecule has 1 N–H and O–H groups in total. The van der Waals surface area contributed by atoms with E-state index in [0.29, 0.717) is 12.2 Å². The fourth-order valence-corrected chi connectivity index (χ4v) is 3.61. The number of likely N-dealkylation sites (tertiary alicyclic amines) is 1. The van der Waals surface area contributed by atoms with E-state index in [-0.39, 0.29) is 17.2 Å².